The molecule has 0 atom stereocenters. The number of hydrogen-bond donors (Lipinski definition) is 1. The maximum Gasteiger partial charge on any atom is 0.292 e. The Bertz CT molecular complexity index is 619. The molecule has 0 spiro atoms. The van der Waals surface area contributed by atoms with E-state index in [-0.39, 0.29) is 18.0 Å². The van der Waals surface area contributed by atoms with E-state index in [0.29, 0.717) is 16.3 Å². The first-order valence-corrected chi connectivity index (χ1v) is 5.86. The fraction of sp³-hybridized carbons (Fsp3) is 0.0769. The Kier molecular flexibility index (Phi) is 3.97. The second-order valence-corrected chi connectivity index (χ2v) is 4.34. The zero-order valence-electron chi connectivity index (χ0n) is 9.77. The van der Waals surface area contributed by atoms with Crippen molar-refractivity contribution < 1.29 is 9.31 Å². The van der Waals surface area contributed by atoms with E-state index in [9.17, 15) is 14.5 Å². The van der Waals surface area contributed by atoms with Crippen molar-refractivity contribution in [1.29, 1.82) is 0 Å². The molecule has 0 radical (unpaired) electrons. The highest BCUT2D eigenvalue weighted by Gasteiger charge is 2.13. The van der Waals surface area contributed by atoms with Crippen LogP contribution in [0.25, 0.3) is 0 Å². The second-order valence-electron chi connectivity index (χ2n) is 3.90. The number of halogens is 2. The molecule has 0 aliphatic rings. The van der Waals surface area contributed by atoms with Crippen molar-refractivity contribution in [3.8, 4) is 0 Å². The van der Waals surface area contributed by atoms with E-state index in [1.54, 1.807) is 12.1 Å². The van der Waals surface area contributed by atoms with Crippen LogP contribution in [0.15, 0.2) is 42.5 Å². The lowest BCUT2D eigenvalue weighted by atomic mass is 10.2. The number of nitro benzene ring substituents is 1. The predicted molar refractivity (Wildman–Crippen MR) is 71.8 cm³/mol. The van der Waals surface area contributed by atoms with E-state index in [4.69, 9.17) is 11.6 Å². The summed E-state index contributed by atoms with van der Waals surface area (Å²) < 4.78 is 13.0. The van der Waals surface area contributed by atoms with Gasteiger partial charge in [0.15, 0.2) is 0 Å². The van der Waals surface area contributed by atoms with Crippen LogP contribution in [-0.4, -0.2) is 4.92 Å². The van der Waals surface area contributed by atoms with Crippen LogP contribution in [0.3, 0.4) is 0 Å². The number of anilines is 1. The standard InChI is InChI=1S/C13H10ClFN2O2/c14-10-4-5-13(17(18)19)12(7-10)16-8-9-2-1-3-11(15)6-9/h1-7,16H,8H2. The lowest BCUT2D eigenvalue weighted by Crippen LogP contribution is -2.02. The molecule has 6 heteroatoms. The highest BCUT2D eigenvalue weighted by molar-refractivity contribution is 6.31. The molecule has 98 valence electrons. The Morgan fingerprint density at radius 1 is 1.26 bits per heavy atom. The first kappa shape index (κ1) is 13.3. The molecule has 1 N–H and O–H groups in total. The quantitative estimate of drug-likeness (QED) is 0.680. The van der Waals surface area contributed by atoms with Crippen LogP contribution in [0.1, 0.15) is 5.56 Å². The molecule has 0 fully saturated rings. The molecule has 2 aromatic carbocycles. The number of nitrogens with one attached hydrogen (secondary N) is 1. The van der Waals surface area contributed by atoms with Gasteiger partial charge in [0, 0.05) is 17.6 Å². The van der Waals surface area contributed by atoms with E-state index in [2.05, 4.69) is 5.32 Å². The Morgan fingerprint density at radius 2 is 2.05 bits per heavy atom. The van der Waals surface area contributed by atoms with Gasteiger partial charge in [0.05, 0.1) is 4.92 Å². The first-order chi connectivity index (χ1) is 9.06. The minimum absolute atomic E-state index is 0.0687. The van der Waals surface area contributed by atoms with Gasteiger partial charge in [-0.1, -0.05) is 23.7 Å². The normalized spacial score (nSPS) is 10.2. The van der Waals surface area contributed by atoms with Crippen LogP contribution >= 0.6 is 11.6 Å². The van der Waals surface area contributed by atoms with Gasteiger partial charge in [-0.2, -0.15) is 0 Å². The molecule has 19 heavy (non-hydrogen) atoms. The van der Waals surface area contributed by atoms with Crippen molar-refractivity contribution in [3.05, 3.63) is 69.0 Å². The molecule has 2 aromatic rings. The van der Waals surface area contributed by atoms with Crippen molar-refractivity contribution >= 4 is 23.0 Å². The van der Waals surface area contributed by atoms with Crippen LogP contribution in [0, 0.1) is 15.9 Å². The van der Waals surface area contributed by atoms with E-state index in [1.165, 1.54) is 30.3 Å². The molecule has 0 saturated heterocycles. The molecule has 4 nitrogen and oxygen atoms in total. The summed E-state index contributed by atoms with van der Waals surface area (Å²) in [4.78, 5) is 10.4. The van der Waals surface area contributed by atoms with E-state index in [1.807, 2.05) is 0 Å². The Balaban J connectivity index is 2.19. The summed E-state index contributed by atoms with van der Waals surface area (Å²) in [5.74, 6) is -0.347. The Labute approximate surface area is 114 Å². The summed E-state index contributed by atoms with van der Waals surface area (Å²) in [6, 6.07) is 10.3. The molecule has 0 bridgehead atoms. The van der Waals surface area contributed by atoms with E-state index < -0.39 is 4.92 Å². The summed E-state index contributed by atoms with van der Waals surface area (Å²) in [5.41, 5.74) is 0.928. The van der Waals surface area contributed by atoms with Crippen molar-refractivity contribution in [3.63, 3.8) is 0 Å². The fourth-order valence-corrected chi connectivity index (χ4v) is 1.83. The number of rotatable bonds is 4. The van der Waals surface area contributed by atoms with Gasteiger partial charge in [-0.25, -0.2) is 4.39 Å². The maximum absolute atomic E-state index is 13.0. The maximum atomic E-state index is 13.0. The molecule has 2 rings (SSSR count). The smallest absolute Gasteiger partial charge is 0.292 e. The van der Waals surface area contributed by atoms with Gasteiger partial charge in [0.2, 0.25) is 0 Å². The third-order valence-electron chi connectivity index (χ3n) is 2.53. The zero-order valence-corrected chi connectivity index (χ0v) is 10.5. The molecule has 0 unspecified atom stereocenters. The zero-order chi connectivity index (χ0) is 13.8. The monoisotopic (exact) mass is 280 g/mol. The lowest BCUT2D eigenvalue weighted by molar-refractivity contribution is -0.384. The van der Waals surface area contributed by atoms with Crippen molar-refractivity contribution in [1.82, 2.24) is 0 Å². The van der Waals surface area contributed by atoms with Crippen LogP contribution in [0.5, 0.6) is 0 Å². The largest absolute Gasteiger partial charge is 0.375 e. The third kappa shape index (κ3) is 3.42. The SMILES string of the molecule is O=[N+]([O-])c1ccc(Cl)cc1NCc1cccc(F)c1. The van der Waals surface area contributed by atoms with Crippen LogP contribution in [0.4, 0.5) is 15.8 Å². The van der Waals surface area contributed by atoms with E-state index >= 15 is 0 Å². The predicted octanol–water partition coefficient (Wildman–Crippen LogP) is 4.00. The minimum Gasteiger partial charge on any atom is -0.375 e. The number of nitrogens with zero attached hydrogens (tertiary/aromatic N) is 1. The summed E-state index contributed by atoms with van der Waals surface area (Å²) in [7, 11) is 0. The third-order valence-corrected chi connectivity index (χ3v) is 2.76. The molecular weight excluding hydrogens is 271 g/mol. The van der Waals surface area contributed by atoms with Gasteiger partial charge in [-0.3, -0.25) is 10.1 Å². The van der Waals surface area contributed by atoms with Crippen LogP contribution in [-0.2, 0) is 6.54 Å². The molecule has 0 aliphatic carbocycles. The van der Waals surface area contributed by atoms with Gasteiger partial charge in [0.1, 0.15) is 11.5 Å². The highest BCUT2D eigenvalue weighted by atomic mass is 35.5. The van der Waals surface area contributed by atoms with Gasteiger partial charge in [-0.05, 0) is 29.8 Å². The topological polar surface area (TPSA) is 55.2 Å². The lowest BCUT2D eigenvalue weighted by Gasteiger charge is -2.07. The van der Waals surface area contributed by atoms with Crippen molar-refractivity contribution in [2.45, 2.75) is 6.54 Å². The summed E-state index contributed by atoms with van der Waals surface area (Å²) >= 11 is 5.81. The summed E-state index contributed by atoms with van der Waals surface area (Å²) in [6.07, 6.45) is 0. The van der Waals surface area contributed by atoms with Crippen molar-refractivity contribution in [2.24, 2.45) is 0 Å². The van der Waals surface area contributed by atoms with E-state index in [0.717, 1.165) is 0 Å². The molecule has 0 heterocycles. The van der Waals surface area contributed by atoms with Gasteiger partial charge in [0.25, 0.3) is 5.69 Å². The molecule has 0 aliphatic heterocycles. The first-order valence-electron chi connectivity index (χ1n) is 5.48. The molecular formula is C13H10ClFN2O2. The number of benzene rings is 2. The average Bonchev–Trinajstić information content (AvgIpc) is 2.36. The highest BCUT2D eigenvalue weighted by Crippen LogP contribution is 2.28. The number of nitro groups is 1. The van der Waals surface area contributed by atoms with Crippen LogP contribution < -0.4 is 5.32 Å². The summed E-state index contributed by atoms with van der Waals surface area (Å²) in [6.45, 7) is 0.277. The Hall–Kier alpha value is -2.14. The number of hydrogen-bond acceptors (Lipinski definition) is 3. The average molecular weight is 281 g/mol. The van der Waals surface area contributed by atoms with Gasteiger partial charge in [-0.15, -0.1) is 0 Å². The molecule has 0 amide bonds. The van der Waals surface area contributed by atoms with Crippen molar-refractivity contribution in [2.75, 3.05) is 5.32 Å². The van der Waals surface area contributed by atoms with Gasteiger partial charge >= 0.3 is 0 Å². The van der Waals surface area contributed by atoms with Gasteiger partial charge < -0.3 is 5.32 Å². The minimum atomic E-state index is -0.496. The Morgan fingerprint density at radius 3 is 2.74 bits per heavy atom. The fourth-order valence-electron chi connectivity index (χ4n) is 1.65. The molecule has 0 saturated carbocycles. The summed E-state index contributed by atoms with van der Waals surface area (Å²) in [5, 5.41) is 14.1. The second kappa shape index (κ2) is 5.67. The van der Waals surface area contributed by atoms with Crippen LogP contribution in [0.2, 0.25) is 5.02 Å². The molecule has 0 aromatic heterocycles.